The highest BCUT2D eigenvalue weighted by Gasteiger charge is 2.29. The Labute approximate surface area is 93.8 Å². The second-order valence-electron chi connectivity index (χ2n) is 4.20. The van der Waals surface area contributed by atoms with E-state index < -0.39 is 12.1 Å². The molecule has 0 heterocycles. The number of hydrogen-bond donors (Lipinski definition) is 4. The third kappa shape index (κ3) is 4.59. The Morgan fingerprint density at radius 1 is 1.44 bits per heavy atom. The summed E-state index contributed by atoms with van der Waals surface area (Å²) in [6.07, 6.45) is 1.05. The Morgan fingerprint density at radius 3 is 2.56 bits per heavy atom. The van der Waals surface area contributed by atoms with Gasteiger partial charge in [-0.25, -0.2) is 4.79 Å². The molecule has 1 saturated carbocycles. The van der Waals surface area contributed by atoms with Crippen molar-refractivity contribution in [1.82, 2.24) is 5.32 Å². The number of carbonyl (C=O) groups excluding carboxylic acids is 1. The highest BCUT2D eigenvalue weighted by molar-refractivity contribution is 5.76. The molecule has 1 rings (SSSR count). The molecule has 6 heteroatoms. The smallest absolute Gasteiger partial charge is 0.332 e. The van der Waals surface area contributed by atoms with Crippen LogP contribution in [0.2, 0.25) is 0 Å². The molecule has 1 fully saturated rings. The number of aliphatic carboxylic acids is 1. The van der Waals surface area contributed by atoms with E-state index >= 15 is 0 Å². The van der Waals surface area contributed by atoms with Gasteiger partial charge in [0.15, 0.2) is 6.10 Å². The van der Waals surface area contributed by atoms with Crippen LogP contribution >= 0.6 is 0 Å². The number of hydrogen-bond acceptors (Lipinski definition) is 4. The maximum Gasteiger partial charge on any atom is 0.332 e. The number of carboxylic acid groups (broad SMARTS) is 1. The van der Waals surface area contributed by atoms with Crippen LogP contribution in [0.5, 0.6) is 0 Å². The van der Waals surface area contributed by atoms with E-state index in [1.54, 1.807) is 0 Å². The number of nitrogens with one attached hydrogen (secondary N) is 1. The number of aliphatic hydroxyl groups excluding tert-OH is 1. The van der Waals surface area contributed by atoms with Crippen molar-refractivity contribution in [1.29, 1.82) is 0 Å². The van der Waals surface area contributed by atoms with E-state index in [0.717, 1.165) is 12.8 Å². The fourth-order valence-corrected chi connectivity index (χ4v) is 1.45. The van der Waals surface area contributed by atoms with E-state index in [1.165, 1.54) is 0 Å². The number of rotatable bonds is 7. The minimum absolute atomic E-state index is 0.0136. The van der Waals surface area contributed by atoms with Crippen LogP contribution in [0.1, 0.15) is 25.7 Å². The van der Waals surface area contributed by atoms with E-state index in [4.69, 9.17) is 15.9 Å². The summed E-state index contributed by atoms with van der Waals surface area (Å²) in [5, 5.41) is 19.9. The van der Waals surface area contributed by atoms with Gasteiger partial charge in [-0.15, -0.1) is 0 Å². The molecule has 0 radical (unpaired) electrons. The lowest BCUT2D eigenvalue weighted by Crippen LogP contribution is -2.35. The van der Waals surface area contributed by atoms with Crippen LogP contribution in [-0.2, 0) is 9.59 Å². The standard InChI is InChI=1S/C10H18N2O4/c11-7(6-1-2-6)5-9(14)12-4-3-8(13)10(15)16/h6-8,13H,1-5,11H2,(H,12,14)(H,15,16)/t7?,8-/m0/s1. The van der Waals surface area contributed by atoms with Crippen molar-refractivity contribution >= 4 is 11.9 Å². The van der Waals surface area contributed by atoms with Crippen molar-refractivity contribution < 1.29 is 19.8 Å². The summed E-state index contributed by atoms with van der Waals surface area (Å²) in [5.74, 6) is -0.990. The Balaban J connectivity index is 2.07. The normalized spacial score (nSPS) is 18.9. The lowest BCUT2D eigenvalue weighted by molar-refractivity contribution is -0.147. The van der Waals surface area contributed by atoms with Crippen molar-refractivity contribution in [2.24, 2.45) is 11.7 Å². The van der Waals surface area contributed by atoms with Gasteiger partial charge in [0.05, 0.1) is 0 Å². The number of nitrogens with two attached hydrogens (primary N) is 1. The van der Waals surface area contributed by atoms with E-state index in [-0.39, 0.29) is 31.3 Å². The molecule has 6 nitrogen and oxygen atoms in total. The first-order valence-corrected chi connectivity index (χ1v) is 5.44. The molecule has 0 aromatic heterocycles. The maximum atomic E-state index is 11.3. The molecule has 1 aliphatic rings. The van der Waals surface area contributed by atoms with Gasteiger partial charge in [-0.05, 0) is 18.8 Å². The van der Waals surface area contributed by atoms with Gasteiger partial charge in [-0.1, -0.05) is 0 Å². The van der Waals surface area contributed by atoms with Gasteiger partial charge >= 0.3 is 5.97 Å². The fraction of sp³-hybridized carbons (Fsp3) is 0.800. The summed E-state index contributed by atoms with van der Waals surface area (Å²) in [4.78, 5) is 21.6. The molecule has 16 heavy (non-hydrogen) atoms. The minimum atomic E-state index is -1.42. The first kappa shape index (κ1) is 12.9. The van der Waals surface area contributed by atoms with Crippen molar-refractivity contribution in [3.63, 3.8) is 0 Å². The van der Waals surface area contributed by atoms with E-state index in [9.17, 15) is 9.59 Å². The van der Waals surface area contributed by atoms with Gasteiger partial charge in [0.1, 0.15) is 0 Å². The average Bonchev–Trinajstić information content (AvgIpc) is 3.00. The third-order valence-electron chi connectivity index (χ3n) is 2.67. The first-order chi connectivity index (χ1) is 7.50. The topological polar surface area (TPSA) is 113 Å². The largest absolute Gasteiger partial charge is 0.479 e. The zero-order valence-corrected chi connectivity index (χ0v) is 9.06. The molecule has 1 amide bonds. The summed E-state index contributed by atoms with van der Waals surface area (Å²) < 4.78 is 0. The number of carbonyl (C=O) groups is 2. The summed E-state index contributed by atoms with van der Waals surface area (Å²) in [6, 6.07) is -0.0932. The summed E-state index contributed by atoms with van der Waals surface area (Å²) in [7, 11) is 0. The maximum absolute atomic E-state index is 11.3. The second kappa shape index (κ2) is 5.81. The van der Waals surface area contributed by atoms with Crippen LogP contribution in [0.25, 0.3) is 0 Å². The van der Waals surface area contributed by atoms with E-state index in [0.29, 0.717) is 5.92 Å². The molecule has 0 spiro atoms. The zero-order chi connectivity index (χ0) is 12.1. The van der Waals surface area contributed by atoms with Crippen molar-refractivity contribution in [2.45, 2.75) is 37.8 Å². The van der Waals surface area contributed by atoms with Gasteiger partial charge < -0.3 is 21.3 Å². The van der Waals surface area contributed by atoms with Gasteiger partial charge in [0.2, 0.25) is 5.91 Å². The van der Waals surface area contributed by atoms with Gasteiger partial charge in [-0.3, -0.25) is 4.79 Å². The molecule has 1 aliphatic carbocycles. The Kier molecular flexibility index (Phi) is 4.70. The molecule has 1 unspecified atom stereocenters. The van der Waals surface area contributed by atoms with Crippen LogP contribution in [0.15, 0.2) is 0 Å². The second-order valence-corrected chi connectivity index (χ2v) is 4.20. The molecule has 0 bridgehead atoms. The predicted octanol–water partition coefficient (Wildman–Crippen LogP) is -0.934. The van der Waals surface area contributed by atoms with Crippen LogP contribution in [0.3, 0.4) is 0 Å². The van der Waals surface area contributed by atoms with Crippen LogP contribution in [-0.4, -0.2) is 40.8 Å². The van der Waals surface area contributed by atoms with Crippen molar-refractivity contribution in [3.05, 3.63) is 0 Å². The van der Waals surface area contributed by atoms with E-state index in [2.05, 4.69) is 5.32 Å². The van der Waals surface area contributed by atoms with Crippen LogP contribution in [0, 0.1) is 5.92 Å². The highest BCUT2D eigenvalue weighted by Crippen LogP contribution is 2.32. The molecule has 0 aromatic rings. The number of amides is 1. The molecule has 92 valence electrons. The molecule has 2 atom stereocenters. The van der Waals surface area contributed by atoms with Gasteiger partial charge in [-0.2, -0.15) is 0 Å². The zero-order valence-electron chi connectivity index (χ0n) is 9.06. The first-order valence-electron chi connectivity index (χ1n) is 5.44. The quantitative estimate of drug-likeness (QED) is 0.451. The summed E-state index contributed by atoms with van der Waals surface area (Å²) >= 11 is 0. The number of carboxylic acids is 1. The lowest BCUT2D eigenvalue weighted by Gasteiger charge is -2.11. The number of aliphatic hydroxyl groups is 1. The Hall–Kier alpha value is -1.14. The summed E-state index contributed by atoms with van der Waals surface area (Å²) in [5.41, 5.74) is 5.76. The average molecular weight is 230 g/mol. The summed E-state index contributed by atoms with van der Waals surface area (Å²) in [6.45, 7) is 0.156. The minimum Gasteiger partial charge on any atom is -0.479 e. The highest BCUT2D eigenvalue weighted by atomic mass is 16.4. The molecule has 5 N–H and O–H groups in total. The third-order valence-corrected chi connectivity index (χ3v) is 2.67. The molecule has 0 aromatic carbocycles. The SMILES string of the molecule is NC(CC(=O)NCC[C@H](O)C(=O)O)C1CC1. The Bertz CT molecular complexity index is 266. The monoisotopic (exact) mass is 230 g/mol. The van der Waals surface area contributed by atoms with Gasteiger partial charge in [0.25, 0.3) is 0 Å². The molecular weight excluding hydrogens is 212 g/mol. The van der Waals surface area contributed by atoms with Crippen molar-refractivity contribution in [3.8, 4) is 0 Å². The van der Waals surface area contributed by atoms with E-state index in [1.807, 2.05) is 0 Å². The van der Waals surface area contributed by atoms with Crippen molar-refractivity contribution in [2.75, 3.05) is 6.54 Å². The predicted molar refractivity (Wildman–Crippen MR) is 56.6 cm³/mol. The molecule has 0 saturated heterocycles. The molecular formula is C10H18N2O4. The van der Waals surface area contributed by atoms with Crippen LogP contribution in [0.4, 0.5) is 0 Å². The van der Waals surface area contributed by atoms with Crippen LogP contribution < -0.4 is 11.1 Å². The Morgan fingerprint density at radius 2 is 2.06 bits per heavy atom. The fourth-order valence-electron chi connectivity index (χ4n) is 1.45. The molecule has 0 aliphatic heterocycles. The van der Waals surface area contributed by atoms with Gasteiger partial charge in [0, 0.05) is 25.4 Å². The lowest BCUT2D eigenvalue weighted by atomic mass is 10.1.